The molecular weight excluding hydrogens is 206 g/mol. The van der Waals surface area contributed by atoms with Crippen LogP contribution in [0.25, 0.3) is 0 Å². The summed E-state index contributed by atoms with van der Waals surface area (Å²) in [6.45, 7) is 0.996. The highest BCUT2D eigenvalue weighted by atomic mass is 16.5. The molecule has 2 rings (SSSR count). The maximum absolute atomic E-state index is 8.37. The van der Waals surface area contributed by atoms with E-state index in [9.17, 15) is 0 Å². The first-order valence-electron chi connectivity index (χ1n) is 6.15. The normalized spacial score (nSPS) is 33.5. The molecule has 16 heavy (non-hydrogen) atoms. The highest BCUT2D eigenvalue weighted by Crippen LogP contribution is 2.34. The van der Waals surface area contributed by atoms with Gasteiger partial charge in [0.05, 0.1) is 12.2 Å². The largest absolute Gasteiger partial charge is 0.409 e. The van der Waals surface area contributed by atoms with Gasteiger partial charge in [-0.3, -0.25) is 0 Å². The van der Waals surface area contributed by atoms with E-state index < -0.39 is 0 Å². The second-order valence-electron chi connectivity index (χ2n) is 4.72. The molecule has 2 saturated heterocycles. The number of rotatable bonds is 6. The van der Waals surface area contributed by atoms with Gasteiger partial charge in [0.2, 0.25) is 0 Å². The van der Waals surface area contributed by atoms with E-state index in [0.717, 1.165) is 19.4 Å². The second-order valence-corrected chi connectivity index (χ2v) is 4.72. The van der Waals surface area contributed by atoms with Crippen molar-refractivity contribution in [1.29, 1.82) is 0 Å². The zero-order valence-electron chi connectivity index (χ0n) is 9.56. The van der Waals surface area contributed by atoms with Crippen molar-refractivity contribution in [2.75, 3.05) is 6.54 Å². The first-order chi connectivity index (χ1) is 7.79. The molecule has 3 atom stereocenters. The highest BCUT2D eigenvalue weighted by Gasteiger charge is 2.40. The average molecular weight is 227 g/mol. The summed E-state index contributed by atoms with van der Waals surface area (Å²) in [6.07, 6.45) is 7.29. The van der Waals surface area contributed by atoms with E-state index >= 15 is 0 Å². The van der Waals surface area contributed by atoms with Crippen molar-refractivity contribution in [2.45, 2.75) is 56.8 Å². The number of fused-ring (bicyclic) bond motifs is 2. The summed E-state index contributed by atoms with van der Waals surface area (Å²) < 4.78 is 5.76. The number of amidine groups is 1. The molecule has 3 unspecified atom stereocenters. The Balaban J connectivity index is 1.52. The van der Waals surface area contributed by atoms with Gasteiger partial charge in [-0.2, -0.15) is 0 Å². The van der Waals surface area contributed by atoms with Crippen LogP contribution in [0.3, 0.4) is 0 Å². The van der Waals surface area contributed by atoms with Crippen molar-refractivity contribution in [3.63, 3.8) is 0 Å². The minimum absolute atomic E-state index is 0.322. The maximum Gasteiger partial charge on any atom is 0.139 e. The van der Waals surface area contributed by atoms with Crippen molar-refractivity contribution in [1.82, 2.24) is 5.32 Å². The van der Waals surface area contributed by atoms with Gasteiger partial charge in [0, 0.05) is 12.5 Å². The number of nitrogens with one attached hydrogen (secondary N) is 1. The fourth-order valence-electron chi connectivity index (χ4n) is 2.62. The topological polar surface area (TPSA) is 79.9 Å². The molecule has 0 aromatic rings. The van der Waals surface area contributed by atoms with Crippen LogP contribution in [0.2, 0.25) is 0 Å². The molecule has 2 aliphatic rings. The summed E-state index contributed by atoms with van der Waals surface area (Å²) in [5, 5.41) is 14.9. The number of unbranched alkanes of at least 4 members (excludes halogenated alkanes) is 1. The van der Waals surface area contributed by atoms with Crippen molar-refractivity contribution in [3.05, 3.63) is 0 Å². The van der Waals surface area contributed by atoms with Gasteiger partial charge in [-0.15, -0.1) is 0 Å². The lowest BCUT2D eigenvalue weighted by Crippen LogP contribution is -2.38. The number of nitrogens with two attached hydrogens (primary N) is 1. The predicted molar refractivity (Wildman–Crippen MR) is 61.6 cm³/mol. The van der Waals surface area contributed by atoms with Crippen molar-refractivity contribution in [3.8, 4) is 0 Å². The van der Waals surface area contributed by atoms with Gasteiger partial charge in [-0.1, -0.05) is 5.16 Å². The fourth-order valence-corrected chi connectivity index (χ4v) is 2.62. The molecule has 0 aromatic carbocycles. The highest BCUT2D eigenvalue weighted by molar-refractivity contribution is 5.79. The number of hydrogen-bond acceptors (Lipinski definition) is 4. The van der Waals surface area contributed by atoms with E-state index in [-0.39, 0.29) is 0 Å². The summed E-state index contributed by atoms with van der Waals surface area (Å²) in [6, 6.07) is 0.558. The number of oxime groups is 1. The fraction of sp³-hybridized carbons (Fsp3) is 0.909. The summed E-state index contributed by atoms with van der Waals surface area (Å²) in [7, 11) is 0. The molecule has 2 aliphatic heterocycles. The number of nitrogens with zero attached hydrogens (tertiary/aromatic N) is 1. The Bertz CT molecular complexity index is 258. The monoisotopic (exact) mass is 227 g/mol. The van der Waals surface area contributed by atoms with Crippen LogP contribution < -0.4 is 11.1 Å². The Labute approximate surface area is 96.0 Å². The standard InChI is InChI=1S/C11H21N3O2/c12-11(14-15)3-1-2-6-13-9-7-8-4-5-10(9)16-8/h8-10,13,15H,1-7H2,(H2,12,14). The zero-order valence-corrected chi connectivity index (χ0v) is 9.56. The van der Waals surface area contributed by atoms with Gasteiger partial charge in [0.25, 0.3) is 0 Å². The molecule has 2 fully saturated rings. The lowest BCUT2D eigenvalue weighted by atomic mass is 9.95. The van der Waals surface area contributed by atoms with Crippen molar-refractivity contribution >= 4 is 5.84 Å². The summed E-state index contributed by atoms with van der Waals surface area (Å²) in [5.41, 5.74) is 5.39. The summed E-state index contributed by atoms with van der Waals surface area (Å²) in [4.78, 5) is 0. The molecule has 2 bridgehead atoms. The molecule has 0 amide bonds. The molecule has 0 radical (unpaired) electrons. The van der Waals surface area contributed by atoms with Gasteiger partial charge in [-0.05, 0) is 38.6 Å². The van der Waals surface area contributed by atoms with E-state index in [1.165, 1.54) is 19.3 Å². The molecule has 0 aliphatic carbocycles. The van der Waals surface area contributed by atoms with E-state index in [1.807, 2.05) is 0 Å². The van der Waals surface area contributed by atoms with Crippen LogP contribution in [0.1, 0.15) is 38.5 Å². The maximum atomic E-state index is 8.37. The van der Waals surface area contributed by atoms with Gasteiger partial charge < -0.3 is 21.0 Å². The molecule has 2 heterocycles. The minimum atomic E-state index is 0.322. The summed E-state index contributed by atoms with van der Waals surface area (Å²) >= 11 is 0. The Morgan fingerprint density at radius 1 is 1.44 bits per heavy atom. The van der Waals surface area contributed by atoms with Gasteiger partial charge in [0.15, 0.2) is 0 Å². The van der Waals surface area contributed by atoms with Crippen LogP contribution in [-0.2, 0) is 4.74 Å². The Hall–Kier alpha value is -0.810. The van der Waals surface area contributed by atoms with E-state index in [1.54, 1.807) is 0 Å². The quantitative estimate of drug-likeness (QED) is 0.206. The lowest BCUT2D eigenvalue weighted by Gasteiger charge is -2.19. The van der Waals surface area contributed by atoms with Crippen LogP contribution >= 0.6 is 0 Å². The zero-order chi connectivity index (χ0) is 11.4. The van der Waals surface area contributed by atoms with E-state index in [4.69, 9.17) is 15.7 Å². The molecule has 4 N–H and O–H groups in total. The molecule has 0 spiro atoms. The molecule has 92 valence electrons. The molecular formula is C11H21N3O2. The third kappa shape index (κ3) is 2.86. The van der Waals surface area contributed by atoms with Crippen LogP contribution in [0, 0.1) is 0 Å². The third-order valence-corrected chi connectivity index (χ3v) is 3.50. The Kier molecular flexibility index (Phi) is 4.01. The van der Waals surface area contributed by atoms with E-state index in [2.05, 4.69) is 10.5 Å². The number of ether oxygens (including phenoxy) is 1. The molecule has 0 saturated carbocycles. The second kappa shape index (κ2) is 5.50. The first kappa shape index (κ1) is 11.7. The van der Waals surface area contributed by atoms with Crippen LogP contribution in [0.5, 0.6) is 0 Å². The van der Waals surface area contributed by atoms with Crippen LogP contribution in [0.15, 0.2) is 5.16 Å². The SMILES string of the molecule is NC(CCCCNC1CC2CCC1O2)=NO. The number of hydrogen-bond donors (Lipinski definition) is 3. The predicted octanol–water partition coefficient (Wildman–Crippen LogP) is 0.813. The molecule has 0 aromatic heterocycles. The van der Waals surface area contributed by atoms with E-state index in [0.29, 0.717) is 30.5 Å². The third-order valence-electron chi connectivity index (χ3n) is 3.50. The van der Waals surface area contributed by atoms with Crippen molar-refractivity contribution in [2.24, 2.45) is 10.9 Å². The van der Waals surface area contributed by atoms with Gasteiger partial charge in [0.1, 0.15) is 5.84 Å². The van der Waals surface area contributed by atoms with Crippen molar-refractivity contribution < 1.29 is 9.94 Å². The van der Waals surface area contributed by atoms with Crippen LogP contribution in [-0.4, -0.2) is 35.8 Å². The van der Waals surface area contributed by atoms with Gasteiger partial charge >= 0.3 is 0 Å². The smallest absolute Gasteiger partial charge is 0.139 e. The van der Waals surface area contributed by atoms with Gasteiger partial charge in [-0.25, -0.2) is 0 Å². The minimum Gasteiger partial charge on any atom is -0.409 e. The Morgan fingerprint density at radius 2 is 2.31 bits per heavy atom. The lowest BCUT2D eigenvalue weighted by molar-refractivity contribution is 0.0974. The molecule has 5 nitrogen and oxygen atoms in total. The molecule has 5 heteroatoms. The Morgan fingerprint density at radius 3 is 2.94 bits per heavy atom. The van der Waals surface area contributed by atoms with Crippen LogP contribution in [0.4, 0.5) is 0 Å². The average Bonchev–Trinajstić information content (AvgIpc) is 2.90. The summed E-state index contributed by atoms with van der Waals surface area (Å²) in [5.74, 6) is 0.322. The first-order valence-corrected chi connectivity index (χ1v) is 6.15.